The molecule has 1 rings (SSSR count). The number of halogens is 1. The maximum absolute atomic E-state index is 11.6. The van der Waals surface area contributed by atoms with Crippen molar-refractivity contribution in [3.63, 3.8) is 0 Å². The minimum Gasteiger partial charge on any atom is -0.496 e. The van der Waals surface area contributed by atoms with E-state index in [1.807, 2.05) is 0 Å². The lowest BCUT2D eigenvalue weighted by Gasteiger charge is -2.07. The Bertz CT molecular complexity index is 339. The van der Waals surface area contributed by atoms with E-state index in [4.69, 9.17) is 10.5 Å². The molecule has 0 heterocycles. The van der Waals surface area contributed by atoms with Gasteiger partial charge in [0.1, 0.15) is 5.75 Å². The van der Waals surface area contributed by atoms with Crippen LogP contribution >= 0.6 is 15.9 Å². The number of methoxy groups -OCH3 is 1. The summed E-state index contributed by atoms with van der Waals surface area (Å²) in [6, 6.07) is 5.33. The number of hydrogen-bond donors (Lipinski definition) is 1. The van der Waals surface area contributed by atoms with Crippen LogP contribution in [0.15, 0.2) is 22.7 Å². The van der Waals surface area contributed by atoms with E-state index in [1.54, 1.807) is 25.3 Å². The fourth-order valence-corrected chi connectivity index (χ4v) is 1.80. The summed E-state index contributed by atoms with van der Waals surface area (Å²) in [4.78, 5) is 11.6. The molecule has 0 unspecified atom stereocenters. The van der Waals surface area contributed by atoms with Crippen LogP contribution in [0.4, 0.5) is 0 Å². The quantitative estimate of drug-likeness (QED) is 0.840. The summed E-state index contributed by atoms with van der Waals surface area (Å²) < 4.78 is 5.78. The highest BCUT2D eigenvalue weighted by atomic mass is 79.9. The predicted molar refractivity (Wildman–Crippen MR) is 58.7 cm³/mol. The van der Waals surface area contributed by atoms with Crippen LogP contribution < -0.4 is 10.5 Å². The molecule has 0 saturated heterocycles. The third-order valence-corrected chi connectivity index (χ3v) is 2.67. The molecule has 0 radical (unpaired) electrons. The molecular weight excluding hydrogens is 246 g/mol. The number of Topliss-reactive ketones (excluding diaryl/α,β-unsaturated/α-hetero) is 1. The number of hydrogen-bond acceptors (Lipinski definition) is 3. The van der Waals surface area contributed by atoms with Gasteiger partial charge in [0.05, 0.1) is 11.6 Å². The number of nitrogens with two attached hydrogens (primary N) is 1. The Hall–Kier alpha value is -0.870. The van der Waals surface area contributed by atoms with Crippen molar-refractivity contribution in [2.75, 3.05) is 13.7 Å². The second-order valence-electron chi connectivity index (χ2n) is 2.78. The molecule has 0 aliphatic heterocycles. The number of ketones is 1. The molecule has 0 saturated carbocycles. The molecule has 2 N–H and O–H groups in total. The van der Waals surface area contributed by atoms with E-state index in [0.29, 0.717) is 28.8 Å². The standard InChI is InChI=1S/C10H12BrNO2/c1-14-9-4-2-3-7(10(9)11)8(13)5-6-12/h2-4H,5-6,12H2,1H3. The lowest BCUT2D eigenvalue weighted by Crippen LogP contribution is -2.08. The summed E-state index contributed by atoms with van der Waals surface area (Å²) in [5.41, 5.74) is 5.94. The molecular formula is C10H12BrNO2. The van der Waals surface area contributed by atoms with Gasteiger partial charge in [0.15, 0.2) is 5.78 Å². The monoisotopic (exact) mass is 257 g/mol. The fourth-order valence-electron chi connectivity index (χ4n) is 1.15. The SMILES string of the molecule is COc1cccc(C(=O)CCN)c1Br. The molecule has 0 aromatic heterocycles. The van der Waals surface area contributed by atoms with Gasteiger partial charge in [-0.05, 0) is 34.6 Å². The first-order valence-electron chi connectivity index (χ1n) is 4.26. The van der Waals surface area contributed by atoms with Crippen molar-refractivity contribution in [1.82, 2.24) is 0 Å². The molecule has 3 nitrogen and oxygen atoms in total. The Morgan fingerprint density at radius 1 is 1.57 bits per heavy atom. The molecule has 4 heteroatoms. The number of carbonyl (C=O) groups excluding carboxylic acids is 1. The van der Waals surface area contributed by atoms with E-state index < -0.39 is 0 Å². The molecule has 0 atom stereocenters. The van der Waals surface area contributed by atoms with Gasteiger partial charge in [-0.3, -0.25) is 4.79 Å². The molecule has 0 amide bonds. The van der Waals surface area contributed by atoms with Gasteiger partial charge in [-0.1, -0.05) is 6.07 Å². The Morgan fingerprint density at radius 3 is 2.86 bits per heavy atom. The summed E-state index contributed by atoms with van der Waals surface area (Å²) in [5, 5.41) is 0. The van der Waals surface area contributed by atoms with Crippen molar-refractivity contribution < 1.29 is 9.53 Å². The highest BCUT2D eigenvalue weighted by molar-refractivity contribution is 9.10. The van der Waals surface area contributed by atoms with Gasteiger partial charge in [-0.15, -0.1) is 0 Å². The lowest BCUT2D eigenvalue weighted by atomic mass is 10.1. The van der Waals surface area contributed by atoms with E-state index in [2.05, 4.69) is 15.9 Å². The second kappa shape index (κ2) is 5.12. The van der Waals surface area contributed by atoms with Gasteiger partial charge in [-0.25, -0.2) is 0 Å². The number of ether oxygens (including phenoxy) is 1. The van der Waals surface area contributed by atoms with Gasteiger partial charge in [0.25, 0.3) is 0 Å². The zero-order valence-corrected chi connectivity index (χ0v) is 9.50. The van der Waals surface area contributed by atoms with Crippen molar-refractivity contribution in [1.29, 1.82) is 0 Å². The van der Waals surface area contributed by atoms with Crippen molar-refractivity contribution in [2.45, 2.75) is 6.42 Å². The van der Waals surface area contributed by atoms with Crippen LogP contribution in [0.25, 0.3) is 0 Å². The Balaban J connectivity index is 3.03. The van der Waals surface area contributed by atoms with Gasteiger partial charge in [0.2, 0.25) is 0 Å². The first kappa shape index (κ1) is 11.2. The molecule has 0 aliphatic carbocycles. The summed E-state index contributed by atoms with van der Waals surface area (Å²) in [6.07, 6.45) is 0.353. The molecule has 0 spiro atoms. The first-order chi connectivity index (χ1) is 6.70. The largest absolute Gasteiger partial charge is 0.496 e. The van der Waals surface area contributed by atoms with Crippen LogP contribution in [0.2, 0.25) is 0 Å². The van der Waals surface area contributed by atoms with E-state index in [-0.39, 0.29) is 5.78 Å². The Labute approximate surface area is 91.4 Å². The van der Waals surface area contributed by atoms with Gasteiger partial charge in [0, 0.05) is 12.0 Å². The number of benzene rings is 1. The zero-order valence-electron chi connectivity index (χ0n) is 7.92. The van der Waals surface area contributed by atoms with Gasteiger partial charge >= 0.3 is 0 Å². The average Bonchev–Trinajstić information content (AvgIpc) is 2.18. The molecule has 76 valence electrons. The van der Waals surface area contributed by atoms with Crippen LogP contribution in [0.3, 0.4) is 0 Å². The van der Waals surface area contributed by atoms with E-state index in [1.165, 1.54) is 0 Å². The summed E-state index contributed by atoms with van der Waals surface area (Å²) in [6.45, 7) is 0.364. The normalized spacial score (nSPS) is 9.93. The Kier molecular flexibility index (Phi) is 4.10. The zero-order chi connectivity index (χ0) is 10.6. The first-order valence-corrected chi connectivity index (χ1v) is 5.05. The van der Waals surface area contributed by atoms with Gasteiger partial charge < -0.3 is 10.5 Å². The highest BCUT2D eigenvalue weighted by Gasteiger charge is 2.12. The third-order valence-electron chi connectivity index (χ3n) is 1.86. The average molecular weight is 258 g/mol. The minimum absolute atomic E-state index is 0.0262. The summed E-state index contributed by atoms with van der Waals surface area (Å²) in [7, 11) is 1.57. The van der Waals surface area contributed by atoms with Crippen LogP contribution in [0.5, 0.6) is 5.75 Å². The molecule has 1 aromatic carbocycles. The molecule has 1 aromatic rings. The molecule has 14 heavy (non-hydrogen) atoms. The highest BCUT2D eigenvalue weighted by Crippen LogP contribution is 2.28. The number of carbonyl (C=O) groups is 1. The smallest absolute Gasteiger partial charge is 0.165 e. The molecule has 0 bridgehead atoms. The molecule has 0 fully saturated rings. The van der Waals surface area contributed by atoms with Crippen molar-refractivity contribution in [2.24, 2.45) is 5.73 Å². The summed E-state index contributed by atoms with van der Waals surface area (Å²) >= 11 is 3.33. The van der Waals surface area contributed by atoms with Crippen molar-refractivity contribution in [3.8, 4) is 5.75 Å². The fraction of sp³-hybridized carbons (Fsp3) is 0.300. The van der Waals surface area contributed by atoms with Crippen LogP contribution in [-0.4, -0.2) is 19.4 Å². The van der Waals surface area contributed by atoms with Crippen LogP contribution in [-0.2, 0) is 0 Å². The van der Waals surface area contributed by atoms with Crippen LogP contribution in [0, 0.1) is 0 Å². The van der Waals surface area contributed by atoms with Crippen molar-refractivity contribution in [3.05, 3.63) is 28.2 Å². The van der Waals surface area contributed by atoms with E-state index in [9.17, 15) is 4.79 Å². The predicted octanol–water partition coefficient (Wildman–Crippen LogP) is 1.99. The lowest BCUT2D eigenvalue weighted by molar-refractivity contribution is 0.0984. The van der Waals surface area contributed by atoms with Gasteiger partial charge in [-0.2, -0.15) is 0 Å². The molecule has 0 aliphatic rings. The topological polar surface area (TPSA) is 52.3 Å². The van der Waals surface area contributed by atoms with E-state index in [0.717, 1.165) is 0 Å². The number of rotatable bonds is 4. The summed E-state index contributed by atoms with van der Waals surface area (Å²) in [5.74, 6) is 0.686. The maximum atomic E-state index is 11.6. The maximum Gasteiger partial charge on any atom is 0.165 e. The third kappa shape index (κ3) is 2.33. The van der Waals surface area contributed by atoms with Crippen LogP contribution in [0.1, 0.15) is 16.8 Å². The minimum atomic E-state index is 0.0262. The Morgan fingerprint density at radius 2 is 2.29 bits per heavy atom. The van der Waals surface area contributed by atoms with Crippen molar-refractivity contribution >= 4 is 21.7 Å². The van der Waals surface area contributed by atoms with E-state index >= 15 is 0 Å². The second-order valence-corrected chi connectivity index (χ2v) is 3.58.